The predicted octanol–water partition coefficient (Wildman–Crippen LogP) is 1.22. The lowest BCUT2D eigenvalue weighted by Crippen LogP contribution is -2.39. The van der Waals surface area contributed by atoms with Gasteiger partial charge in [-0.1, -0.05) is 13.3 Å². The molecule has 2 rings (SSSR count). The van der Waals surface area contributed by atoms with E-state index in [0.29, 0.717) is 13.0 Å². The summed E-state index contributed by atoms with van der Waals surface area (Å²) in [5.41, 5.74) is 4.66. The van der Waals surface area contributed by atoms with Gasteiger partial charge >= 0.3 is 5.69 Å². The van der Waals surface area contributed by atoms with Gasteiger partial charge in [0.05, 0.1) is 4.90 Å². The van der Waals surface area contributed by atoms with Crippen LogP contribution in [0.3, 0.4) is 0 Å². The van der Waals surface area contributed by atoms with Crippen LogP contribution in [0.2, 0.25) is 0 Å². The first-order valence-electron chi connectivity index (χ1n) is 9.92. The summed E-state index contributed by atoms with van der Waals surface area (Å²) in [6.07, 6.45) is 1.49. The van der Waals surface area contributed by atoms with Gasteiger partial charge in [-0.05, 0) is 44.5 Å². The van der Waals surface area contributed by atoms with E-state index in [4.69, 9.17) is 5.73 Å². The van der Waals surface area contributed by atoms with Crippen LogP contribution in [0.25, 0.3) is 0 Å². The number of nitrogens with two attached hydrogens (primary N) is 1. The second kappa shape index (κ2) is 9.48. The molecule has 0 saturated carbocycles. The molecule has 0 aliphatic rings. The van der Waals surface area contributed by atoms with Crippen LogP contribution >= 0.6 is 0 Å². The Balaban J connectivity index is 2.40. The van der Waals surface area contributed by atoms with E-state index in [1.54, 1.807) is 13.8 Å². The molecule has 0 bridgehead atoms. The maximum absolute atomic E-state index is 12.9. The Labute approximate surface area is 181 Å². The van der Waals surface area contributed by atoms with Crippen LogP contribution in [0.4, 0.5) is 11.5 Å². The molecule has 170 valence electrons. The summed E-state index contributed by atoms with van der Waals surface area (Å²) in [6, 6.07) is 5.20. The Morgan fingerprint density at radius 1 is 1.16 bits per heavy atom. The second-order valence-electron chi connectivity index (χ2n) is 7.50. The zero-order chi connectivity index (χ0) is 23.5. The van der Waals surface area contributed by atoms with Gasteiger partial charge in [0.15, 0.2) is 5.69 Å². The van der Waals surface area contributed by atoms with Crippen LogP contribution in [0, 0.1) is 0 Å². The van der Waals surface area contributed by atoms with Crippen molar-refractivity contribution < 1.29 is 13.2 Å². The minimum absolute atomic E-state index is 0.0494. The van der Waals surface area contributed by atoms with Crippen LogP contribution in [0.1, 0.15) is 44.0 Å². The lowest BCUT2D eigenvalue weighted by atomic mass is 10.2. The van der Waals surface area contributed by atoms with Gasteiger partial charge in [0.1, 0.15) is 5.82 Å². The van der Waals surface area contributed by atoms with E-state index >= 15 is 0 Å². The molecule has 0 saturated heterocycles. The number of carbonyl (C=O) groups excluding carboxylic acids is 1. The molecule has 11 heteroatoms. The Kier molecular flexibility index (Phi) is 7.45. The molecule has 0 fully saturated rings. The van der Waals surface area contributed by atoms with Crippen molar-refractivity contribution in [2.24, 2.45) is 0 Å². The molecule has 1 aromatic carbocycles. The number of nitrogen functional groups attached to an aromatic ring is 1. The first kappa shape index (κ1) is 24.4. The van der Waals surface area contributed by atoms with Crippen molar-refractivity contribution in [2.45, 2.75) is 51.1 Å². The summed E-state index contributed by atoms with van der Waals surface area (Å²) in [6.45, 7) is 5.77. The SMILES string of the molecule is CCCCn1c(N)c(N(C)C(=O)c2ccc(S(=O)(=O)N(C)C(C)C)cc2)c(=O)[nH]c1=O. The molecule has 10 nitrogen and oxygen atoms in total. The monoisotopic (exact) mass is 451 g/mol. The quantitative estimate of drug-likeness (QED) is 0.619. The molecule has 0 spiro atoms. The van der Waals surface area contributed by atoms with Crippen molar-refractivity contribution in [3.8, 4) is 0 Å². The van der Waals surface area contributed by atoms with E-state index in [1.165, 1.54) is 47.2 Å². The summed E-state index contributed by atoms with van der Waals surface area (Å²) < 4.78 is 27.6. The van der Waals surface area contributed by atoms with Crippen molar-refractivity contribution >= 4 is 27.4 Å². The van der Waals surface area contributed by atoms with Gasteiger partial charge in [0.2, 0.25) is 10.0 Å². The molecule has 0 radical (unpaired) electrons. The summed E-state index contributed by atoms with van der Waals surface area (Å²) in [5.74, 6) is -0.671. The number of anilines is 2. The molecular formula is C20H29N5O5S. The number of aromatic amines is 1. The first-order chi connectivity index (χ1) is 14.4. The number of aromatic nitrogens is 2. The van der Waals surface area contributed by atoms with Crippen molar-refractivity contribution in [3.63, 3.8) is 0 Å². The molecular weight excluding hydrogens is 422 g/mol. The number of unbranched alkanes of at least 4 members (excludes halogenated alkanes) is 1. The lowest BCUT2D eigenvalue weighted by Gasteiger charge is -2.22. The fourth-order valence-electron chi connectivity index (χ4n) is 2.95. The highest BCUT2D eigenvalue weighted by Crippen LogP contribution is 2.21. The van der Waals surface area contributed by atoms with Gasteiger partial charge in [0.25, 0.3) is 11.5 Å². The maximum atomic E-state index is 12.9. The van der Waals surface area contributed by atoms with E-state index in [0.717, 1.165) is 11.3 Å². The number of hydrogen-bond donors (Lipinski definition) is 2. The molecule has 3 N–H and O–H groups in total. The number of rotatable bonds is 8. The summed E-state index contributed by atoms with van der Waals surface area (Å²) in [7, 11) is -0.839. The fraction of sp³-hybridized carbons (Fsp3) is 0.450. The van der Waals surface area contributed by atoms with Gasteiger partial charge in [-0.3, -0.25) is 19.1 Å². The number of sulfonamides is 1. The number of amides is 1. The molecule has 1 heterocycles. The largest absolute Gasteiger partial charge is 0.383 e. The van der Waals surface area contributed by atoms with Crippen LogP contribution in [0.5, 0.6) is 0 Å². The average Bonchev–Trinajstić information content (AvgIpc) is 2.72. The maximum Gasteiger partial charge on any atom is 0.330 e. The highest BCUT2D eigenvalue weighted by Gasteiger charge is 2.25. The topological polar surface area (TPSA) is 139 Å². The molecule has 31 heavy (non-hydrogen) atoms. The Morgan fingerprint density at radius 3 is 2.26 bits per heavy atom. The second-order valence-corrected chi connectivity index (χ2v) is 9.50. The Morgan fingerprint density at radius 2 is 1.74 bits per heavy atom. The average molecular weight is 452 g/mol. The van der Waals surface area contributed by atoms with Crippen LogP contribution in [0.15, 0.2) is 38.8 Å². The van der Waals surface area contributed by atoms with Gasteiger partial charge in [-0.25, -0.2) is 13.2 Å². The standard InChI is InChI=1S/C20H29N5O5S/c1-6-7-12-25-17(21)16(18(26)22-20(25)28)23(4)19(27)14-8-10-15(11-9-14)31(29,30)24(5)13(2)3/h8-11,13H,6-7,12,21H2,1-5H3,(H,22,26,28). The molecule has 0 unspecified atom stereocenters. The Bertz CT molecular complexity index is 1170. The summed E-state index contributed by atoms with van der Waals surface area (Å²) in [5, 5.41) is 0. The molecule has 1 aromatic heterocycles. The minimum Gasteiger partial charge on any atom is -0.383 e. The van der Waals surface area contributed by atoms with Crippen molar-refractivity contribution in [2.75, 3.05) is 24.7 Å². The number of benzene rings is 1. The third-order valence-corrected chi connectivity index (χ3v) is 7.14. The van der Waals surface area contributed by atoms with Gasteiger partial charge < -0.3 is 10.6 Å². The molecule has 0 aliphatic heterocycles. The van der Waals surface area contributed by atoms with E-state index in [2.05, 4.69) is 4.98 Å². The predicted molar refractivity (Wildman–Crippen MR) is 120 cm³/mol. The zero-order valence-electron chi connectivity index (χ0n) is 18.4. The smallest absolute Gasteiger partial charge is 0.330 e. The third kappa shape index (κ3) is 4.88. The number of H-pyrrole nitrogens is 1. The van der Waals surface area contributed by atoms with Gasteiger partial charge in [-0.2, -0.15) is 4.31 Å². The fourth-order valence-corrected chi connectivity index (χ4v) is 4.32. The van der Waals surface area contributed by atoms with E-state index < -0.39 is 27.2 Å². The van der Waals surface area contributed by atoms with Crippen LogP contribution in [-0.4, -0.2) is 48.3 Å². The zero-order valence-corrected chi connectivity index (χ0v) is 19.2. The van der Waals surface area contributed by atoms with E-state index in [9.17, 15) is 22.8 Å². The Hall–Kier alpha value is -2.92. The molecule has 2 aromatic rings. The van der Waals surface area contributed by atoms with Crippen molar-refractivity contribution in [3.05, 3.63) is 50.7 Å². The van der Waals surface area contributed by atoms with Gasteiger partial charge in [0, 0.05) is 32.2 Å². The van der Waals surface area contributed by atoms with Crippen molar-refractivity contribution in [1.82, 2.24) is 13.9 Å². The minimum atomic E-state index is -3.69. The first-order valence-corrected chi connectivity index (χ1v) is 11.4. The highest BCUT2D eigenvalue weighted by atomic mass is 32.2. The third-order valence-electron chi connectivity index (χ3n) is 5.09. The highest BCUT2D eigenvalue weighted by molar-refractivity contribution is 7.89. The number of hydrogen-bond acceptors (Lipinski definition) is 6. The normalized spacial score (nSPS) is 11.8. The van der Waals surface area contributed by atoms with E-state index in [-0.39, 0.29) is 28.0 Å². The van der Waals surface area contributed by atoms with Crippen molar-refractivity contribution in [1.29, 1.82) is 0 Å². The number of nitrogens with one attached hydrogen (secondary N) is 1. The summed E-state index contributed by atoms with van der Waals surface area (Å²) in [4.78, 5) is 40.7. The number of carbonyl (C=O) groups is 1. The van der Waals surface area contributed by atoms with E-state index in [1.807, 2.05) is 6.92 Å². The van der Waals surface area contributed by atoms with Crippen LogP contribution < -0.4 is 21.9 Å². The number of nitrogens with zero attached hydrogens (tertiary/aromatic N) is 3. The molecule has 0 aliphatic carbocycles. The lowest BCUT2D eigenvalue weighted by molar-refractivity contribution is 0.0992. The molecule has 1 amide bonds. The van der Waals surface area contributed by atoms with Crippen LogP contribution in [-0.2, 0) is 16.6 Å². The molecule has 0 atom stereocenters. The van der Waals surface area contributed by atoms with Gasteiger partial charge in [-0.15, -0.1) is 0 Å². The summed E-state index contributed by atoms with van der Waals surface area (Å²) >= 11 is 0.